The molecule has 2 aromatic rings. The van der Waals surface area contributed by atoms with E-state index in [0.717, 1.165) is 18.8 Å². The molecule has 1 atom stereocenters. The molecule has 1 aliphatic heterocycles. The van der Waals surface area contributed by atoms with E-state index < -0.39 is 28.0 Å². The van der Waals surface area contributed by atoms with Crippen molar-refractivity contribution in [3.63, 3.8) is 0 Å². The van der Waals surface area contributed by atoms with Crippen molar-refractivity contribution in [1.82, 2.24) is 4.72 Å². The summed E-state index contributed by atoms with van der Waals surface area (Å²) in [7, 11) is -3.71. The zero-order chi connectivity index (χ0) is 23.1. The first kappa shape index (κ1) is 23.7. The fourth-order valence-electron chi connectivity index (χ4n) is 3.17. The average molecular weight is 462 g/mol. The standard InChI is InChI=1S/C22H27N3O6S/c1-3-23-32(28,29)20-6-4-5-17(15-20)22(27)31-16(2)21(26)24-18-7-9-19(10-8-18)25-11-13-30-14-12-25/h4-10,15-16,23H,3,11-14H2,1-2H3,(H,24,26). The Morgan fingerprint density at radius 1 is 1.12 bits per heavy atom. The predicted molar refractivity (Wildman–Crippen MR) is 120 cm³/mol. The van der Waals surface area contributed by atoms with Crippen LogP contribution in [0, 0.1) is 0 Å². The van der Waals surface area contributed by atoms with Crippen molar-refractivity contribution < 1.29 is 27.5 Å². The normalized spacial score (nSPS) is 15.1. The zero-order valence-electron chi connectivity index (χ0n) is 18.0. The number of hydrogen-bond acceptors (Lipinski definition) is 7. The van der Waals surface area contributed by atoms with Crippen LogP contribution >= 0.6 is 0 Å². The summed E-state index contributed by atoms with van der Waals surface area (Å²) in [5.74, 6) is -1.28. The van der Waals surface area contributed by atoms with Gasteiger partial charge in [0.25, 0.3) is 5.91 Å². The lowest BCUT2D eigenvalue weighted by atomic mass is 10.2. The number of morpholine rings is 1. The summed E-state index contributed by atoms with van der Waals surface area (Å²) in [6, 6.07) is 12.9. The molecule has 0 aliphatic carbocycles. The second kappa shape index (κ2) is 10.6. The molecule has 0 radical (unpaired) electrons. The van der Waals surface area contributed by atoms with Crippen LogP contribution in [0.2, 0.25) is 0 Å². The number of sulfonamides is 1. The summed E-state index contributed by atoms with van der Waals surface area (Å²) in [5.41, 5.74) is 1.66. The summed E-state index contributed by atoms with van der Waals surface area (Å²) in [4.78, 5) is 27.0. The van der Waals surface area contributed by atoms with Crippen LogP contribution in [0.1, 0.15) is 24.2 Å². The minimum atomic E-state index is -3.71. The van der Waals surface area contributed by atoms with Crippen molar-refractivity contribution in [2.75, 3.05) is 43.1 Å². The Bertz CT molecular complexity index is 1050. The zero-order valence-corrected chi connectivity index (χ0v) is 18.9. The lowest BCUT2D eigenvalue weighted by Gasteiger charge is -2.28. The van der Waals surface area contributed by atoms with Gasteiger partial charge in [0.2, 0.25) is 10.0 Å². The Hall–Kier alpha value is -2.95. The summed E-state index contributed by atoms with van der Waals surface area (Å²) in [6.07, 6.45) is -1.07. The lowest BCUT2D eigenvalue weighted by molar-refractivity contribution is -0.123. The molecule has 1 amide bonds. The number of benzene rings is 2. The van der Waals surface area contributed by atoms with Crippen LogP contribution in [0.25, 0.3) is 0 Å². The van der Waals surface area contributed by atoms with Gasteiger partial charge in [0.05, 0.1) is 23.7 Å². The Kier molecular flexibility index (Phi) is 7.84. The Morgan fingerprint density at radius 2 is 1.81 bits per heavy atom. The molecule has 0 aromatic heterocycles. The topological polar surface area (TPSA) is 114 Å². The van der Waals surface area contributed by atoms with Gasteiger partial charge in [0.15, 0.2) is 6.10 Å². The minimum absolute atomic E-state index is 0.0403. The number of esters is 1. The predicted octanol–water partition coefficient (Wildman–Crippen LogP) is 2.01. The van der Waals surface area contributed by atoms with Crippen LogP contribution in [-0.4, -0.2) is 59.2 Å². The second-order valence-electron chi connectivity index (χ2n) is 7.21. The molecule has 0 bridgehead atoms. The van der Waals surface area contributed by atoms with E-state index >= 15 is 0 Å². The molecule has 1 aliphatic rings. The van der Waals surface area contributed by atoms with Crippen LogP contribution in [0.3, 0.4) is 0 Å². The highest BCUT2D eigenvalue weighted by molar-refractivity contribution is 7.89. The number of nitrogens with zero attached hydrogens (tertiary/aromatic N) is 1. The van der Waals surface area contributed by atoms with E-state index in [9.17, 15) is 18.0 Å². The smallest absolute Gasteiger partial charge is 0.338 e. The number of anilines is 2. The summed E-state index contributed by atoms with van der Waals surface area (Å²) >= 11 is 0. The summed E-state index contributed by atoms with van der Waals surface area (Å²) in [6.45, 7) is 6.34. The van der Waals surface area contributed by atoms with E-state index in [0.29, 0.717) is 18.9 Å². The number of amides is 1. The molecule has 32 heavy (non-hydrogen) atoms. The quantitative estimate of drug-likeness (QED) is 0.578. The van der Waals surface area contributed by atoms with Crippen LogP contribution in [0.5, 0.6) is 0 Å². The molecule has 0 saturated carbocycles. The van der Waals surface area contributed by atoms with E-state index in [1.165, 1.54) is 31.2 Å². The average Bonchev–Trinajstić information content (AvgIpc) is 2.80. The highest BCUT2D eigenvalue weighted by Gasteiger charge is 2.21. The fourth-order valence-corrected chi connectivity index (χ4v) is 4.25. The van der Waals surface area contributed by atoms with E-state index in [-0.39, 0.29) is 17.0 Å². The number of rotatable bonds is 8. The van der Waals surface area contributed by atoms with Gasteiger partial charge in [-0.1, -0.05) is 13.0 Å². The Balaban J connectivity index is 1.59. The Morgan fingerprint density at radius 3 is 2.47 bits per heavy atom. The molecule has 1 saturated heterocycles. The maximum atomic E-state index is 12.5. The van der Waals surface area contributed by atoms with Gasteiger partial charge in [-0.25, -0.2) is 17.9 Å². The number of carbonyl (C=O) groups is 2. The lowest BCUT2D eigenvalue weighted by Crippen LogP contribution is -2.36. The van der Waals surface area contributed by atoms with Crippen LogP contribution in [0.4, 0.5) is 11.4 Å². The first-order valence-electron chi connectivity index (χ1n) is 10.3. The number of carbonyl (C=O) groups excluding carboxylic acids is 2. The number of hydrogen-bond donors (Lipinski definition) is 2. The second-order valence-corrected chi connectivity index (χ2v) is 8.98. The van der Waals surface area contributed by atoms with Crippen molar-refractivity contribution in [3.05, 3.63) is 54.1 Å². The first-order chi connectivity index (χ1) is 15.3. The van der Waals surface area contributed by atoms with Gasteiger partial charge < -0.3 is 19.7 Å². The van der Waals surface area contributed by atoms with Gasteiger partial charge >= 0.3 is 5.97 Å². The van der Waals surface area contributed by atoms with Crippen molar-refractivity contribution in [1.29, 1.82) is 0 Å². The van der Waals surface area contributed by atoms with Gasteiger partial charge in [-0.3, -0.25) is 4.79 Å². The van der Waals surface area contributed by atoms with Crippen LogP contribution < -0.4 is 14.9 Å². The van der Waals surface area contributed by atoms with E-state index in [1.54, 1.807) is 19.1 Å². The van der Waals surface area contributed by atoms with Gasteiger partial charge in [-0.15, -0.1) is 0 Å². The Labute approximate surface area is 187 Å². The monoisotopic (exact) mass is 461 g/mol. The molecule has 2 aromatic carbocycles. The third-order valence-electron chi connectivity index (χ3n) is 4.88. The van der Waals surface area contributed by atoms with Crippen LogP contribution in [0.15, 0.2) is 53.4 Å². The van der Waals surface area contributed by atoms with E-state index in [4.69, 9.17) is 9.47 Å². The van der Waals surface area contributed by atoms with Crippen molar-refractivity contribution in [2.24, 2.45) is 0 Å². The molecule has 3 rings (SSSR count). The minimum Gasteiger partial charge on any atom is -0.449 e. The molecule has 1 fully saturated rings. The highest BCUT2D eigenvalue weighted by Crippen LogP contribution is 2.19. The molecule has 2 N–H and O–H groups in total. The van der Waals surface area contributed by atoms with E-state index in [2.05, 4.69) is 14.9 Å². The molecular formula is C22H27N3O6S. The van der Waals surface area contributed by atoms with Crippen molar-refractivity contribution in [3.8, 4) is 0 Å². The molecule has 172 valence electrons. The fraction of sp³-hybridized carbons (Fsp3) is 0.364. The van der Waals surface area contributed by atoms with E-state index in [1.807, 2.05) is 12.1 Å². The largest absolute Gasteiger partial charge is 0.449 e. The van der Waals surface area contributed by atoms with Crippen molar-refractivity contribution in [2.45, 2.75) is 24.8 Å². The van der Waals surface area contributed by atoms with Gasteiger partial charge in [-0.05, 0) is 49.4 Å². The number of ether oxygens (including phenoxy) is 2. The van der Waals surface area contributed by atoms with Crippen molar-refractivity contribution >= 4 is 33.3 Å². The number of nitrogens with one attached hydrogen (secondary N) is 2. The van der Waals surface area contributed by atoms with Gasteiger partial charge in [-0.2, -0.15) is 0 Å². The molecule has 1 heterocycles. The van der Waals surface area contributed by atoms with Crippen LogP contribution in [-0.2, 0) is 24.3 Å². The third-order valence-corrected chi connectivity index (χ3v) is 6.42. The SMILES string of the molecule is CCNS(=O)(=O)c1cccc(C(=O)OC(C)C(=O)Nc2ccc(N3CCOCC3)cc2)c1. The molecular weight excluding hydrogens is 434 g/mol. The van der Waals surface area contributed by atoms with Gasteiger partial charge in [0, 0.05) is 31.0 Å². The summed E-state index contributed by atoms with van der Waals surface area (Å²) in [5, 5.41) is 2.72. The molecule has 9 nitrogen and oxygen atoms in total. The van der Waals surface area contributed by atoms with Gasteiger partial charge in [0.1, 0.15) is 0 Å². The summed E-state index contributed by atoms with van der Waals surface area (Å²) < 4.78 is 37.2. The maximum absolute atomic E-state index is 12.5. The first-order valence-corrected chi connectivity index (χ1v) is 11.8. The molecule has 1 unspecified atom stereocenters. The third kappa shape index (κ3) is 6.06. The highest BCUT2D eigenvalue weighted by atomic mass is 32.2. The molecule has 0 spiro atoms. The molecule has 10 heteroatoms. The maximum Gasteiger partial charge on any atom is 0.338 e.